The number of carbonyl (C=O) groups is 2. The maximum Gasteiger partial charge on any atom is 0.326 e. The number of methoxy groups -OCH3 is 1. The van der Waals surface area contributed by atoms with Gasteiger partial charge in [0.1, 0.15) is 18.1 Å². The topological polar surface area (TPSA) is 73.7 Å². The molecule has 0 N–H and O–H groups in total. The average molecular weight is 428 g/mol. The predicted octanol–water partition coefficient (Wildman–Crippen LogP) is 3.78. The molecule has 0 aliphatic carbocycles. The molecule has 1 aliphatic rings. The number of fused-ring (bicyclic) bond motifs is 1. The number of hydrogen-bond donors (Lipinski definition) is 0. The van der Waals surface area contributed by atoms with Gasteiger partial charge in [-0.05, 0) is 37.3 Å². The molecule has 0 saturated carbocycles. The molecular weight excluding hydrogens is 406 g/mol. The van der Waals surface area contributed by atoms with Crippen molar-refractivity contribution in [1.82, 2.24) is 9.55 Å². The van der Waals surface area contributed by atoms with Crippen molar-refractivity contribution in [2.24, 2.45) is 0 Å². The van der Waals surface area contributed by atoms with Gasteiger partial charge >= 0.3 is 5.97 Å². The lowest BCUT2D eigenvalue weighted by atomic mass is 10.1. The summed E-state index contributed by atoms with van der Waals surface area (Å²) in [6, 6.07) is 12.8. The van der Waals surface area contributed by atoms with E-state index in [-0.39, 0.29) is 30.8 Å². The minimum atomic E-state index is -0.334. The van der Waals surface area contributed by atoms with Crippen molar-refractivity contribution in [1.29, 1.82) is 0 Å². The van der Waals surface area contributed by atoms with Crippen LogP contribution < -0.4 is 9.64 Å². The maximum atomic E-state index is 12.9. The van der Waals surface area contributed by atoms with Gasteiger partial charge < -0.3 is 18.9 Å². The summed E-state index contributed by atoms with van der Waals surface area (Å²) in [7, 11) is 1.56. The van der Waals surface area contributed by atoms with Crippen molar-refractivity contribution in [3.05, 3.63) is 53.3 Å². The summed E-state index contributed by atoms with van der Waals surface area (Å²) >= 11 is 6.16. The molecule has 4 rings (SSSR count). The third-order valence-electron chi connectivity index (χ3n) is 5.20. The van der Waals surface area contributed by atoms with Crippen molar-refractivity contribution >= 4 is 40.2 Å². The Morgan fingerprint density at radius 3 is 2.83 bits per heavy atom. The molecule has 30 heavy (non-hydrogen) atoms. The van der Waals surface area contributed by atoms with Gasteiger partial charge in [-0.2, -0.15) is 0 Å². The Bertz CT molecular complexity index is 1110. The SMILES string of the molecule is CCOC(=O)Cn1c([C@@H]2CC(=O)N(c3cc(Cl)ccc3OC)C2)nc2ccccc21. The van der Waals surface area contributed by atoms with Gasteiger partial charge in [0.2, 0.25) is 5.91 Å². The molecule has 7 nitrogen and oxygen atoms in total. The molecule has 0 spiro atoms. The highest BCUT2D eigenvalue weighted by Crippen LogP contribution is 2.38. The van der Waals surface area contributed by atoms with Crippen molar-refractivity contribution < 1.29 is 19.1 Å². The standard InChI is InChI=1S/C22H22ClN3O4/c1-3-30-21(28)13-26-17-7-5-4-6-16(17)24-22(26)14-10-20(27)25(12-14)18-11-15(23)8-9-19(18)29-2/h4-9,11,14H,3,10,12-13H2,1-2H3/t14-/m1/s1. The van der Waals surface area contributed by atoms with Crippen molar-refractivity contribution in [2.45, 2.75) is 25.8 Å². The lowest BCUT2D eigenvalue weighted by Gasteiger charge is -2.20. The molecule has 1 atom stereocenters. The summed E-state index contributed by atoms with van der Waals surface area (Å²) in [5.74, 6) is 0.715. The molecule has 1 aromatic heterocycles. The summed E-state index contributed by atoms with van der Waals surface area (Å²) < 4.78 is 12.4. The van der Waals surface area contributed by atoms with Crippen LogP contribution in [-0.2, 0) is 20.9 Å². The molecule has 0 radical (unpaired) electrons. The lowest BCUT2D eigenvalue weighted by Crippen LogP contribution is -2.25. The molecule has 0 bridgehead atoms. The van der Waals surface area contributed by atoms with Crippen LogP contribution in [0.1, 0.15) is 25.1 Å². The largest absolute Gasteiger partial charge is 0.495 e. The summed E-state index contributed by atoms with van der Waals surface area (Å²) in [5, 5.41) is 0.525. The van der Waals surface area contributed by atoms with Crippen LogP contribution in [0.5, 0.6) is 5.75 Å². The number of anilines is 1. The van der Waals surface area contributed by atoms with Crippen LogP contribution in [0.25, 0.3) is 11.0 Å². The summed E-state index contributed by atoms with van der Waals surface area (Å²) in [4.78, 5) is 31.5. The van der Waals surface area contributed by atoms with E-state index >= 15 is 0 Å². The van der Waals surface area contributed by atoms with E-state index in [1.807, 2.05) is 28.8 Å². The zero-order valence-corrected chi connectivity index (χ0v) is 17.6. The molecule has 8 heteroatoms. The number of para-hydroxylation sites is 2. The van der Waals surface area contributed by atoms with Crippen LogP contribution in [0, 0.1) is 0 Å². The predicted molar refractivity (Wildman–Crippen MR) is 114 cm³/mol. The van der Waals surface area contributed by atoms with E-state index in [1.54, 1.807) is 37.1 Å². The van der Waals surface area contributed by atoms with E-state index in [9.17, 15) is 9.59 Å². The van der Waals surface area contributed by atoms with E-state index < -0.39 is 0 Å². The van der Waals surface area contributed by atoms with Crippen molar-refractivity contribution in [3.63, 3.8) is 0 Å². The molecule has 2 aromatic carbocycles. The second-order valence-corrected chi connectivity index (χ2v) is 7.51. The van der Waals surface area contributed by atoms with Crippen LogP contribution in [0.3, 0.4) is 0 Å². The Morgan fingerprint density at radius 1 is 1.27 bits per heavy atom. The van der Waals surface area contributed by atoms with Gasteiger partial charge in [0.05, 0.1) is 30.4 Å². The Morgan fingerprint density at radius 2 is 2.07 bits per heavy atom. The van der Waals surface area contributed by atoms with E-state index in [4.69, 9.17) is 26.1 Å². The number of ether oxygens (including phenoxy) is 2. The fourth-order valence-electron chi connectivity index (χ4n) is 3.90. The third kappa shape index (κ3) is 3.73. The highest BCUT2D eigenvalue weighted by Gasteiger charge is 2.36. The number of amides is 1. The van der Waals surface area contributed by atoms with Crippen LogP contribution >= 0.6 is 11.6 Å². The minimum absolute atomic E-state index is 0.0460. The lowest BCUT2D eigenvalue weighted by molar-refractivity contribution is -0.143. The number of benzene rings is 2. The van der Waals surface area contributed by atoms with Crippen molar-refractivity contribution in [2.75, 3.05) is 25.2 Å². The third-order valence-corrected chi connectivity index (χ3v) is 5.43. The zero-order chi connectivity index (χ0) is 21.3. The van der Waals surface area contributed by atoms with Gasteiger partial charge in [0, 0.05) is 23.9 Å². The van der Waals surface area contributed by atoms with Crippen molar-refractivity contribution in [3.8, 4) is 5.75 Å². The monoisotopic (exact) mass is 427 g/mol. The Labute approximate surface area is 179 Å². The van der Waals surface area contributed by atoms with Gasteiger partial charge in [-0.15, -0.1) is 0 Å². The number of carbonyl (C=O) groups excluding carboxylic acids is 2. The minimum Gasteiger partial charge on any atom is -0.495 e. The highest BCUT2D eigenvalue weighted by molar-refractivity contribution is 6.31. The number of aromatic nitrogens is 2. The summed E-state index contributed by atoms with van der Waals surface area (Å²) in [6.45, 7) is 2.55. The first-order valence-corrected chi connectivity index (χ1v) is 10.1. The van der Waals surface area contributed by atoms with E-state index in [1.165, 1.54) is 0 Å². The van der Waals surface area contributed by atoms with Gasteiger partial charge in [0.15, 0.2) is 0 Å². The fraction of sp³-hybridized carbons (Fsp3) is 0.318. The van der Waals surface area contributed by atoms with Gasteiger partial charge in [-0.3, -0.25) is 9.59 Å². The van der Waals surface area contributed by atoms with E-state index in [0.29, 0.717) is 35.4 Å². The quantitative estimate of drug-likeness (QED) is 0.560. The van der Waals surface area contributed by atoms with Crippen LogP contribution in [0.2, 0.25) is 5.02 Å². The number of esters is 1. The number of nitrogens with zero attached hydrogens (tertiary/aromatic N) is 3. The van der Waals surface area contributed by atoms with E-state index in [0.717, 1.165) is 11.0 Å². The fourth-order valence-corrected chi connectivity index (χ4v) is 4.06. The molecule has 2 heterocycles. The van der Waals surface area contributed by atoms with Crippen LogP contribution in [-0.4, -0.2) is 41.7 Å². The zero-order valence-electron chi connectivity index (χ0n) is 16.8. The normalized spacial score (nSPS) is 16.3. The summed E-state index contributed by atoms with van der Waals surface area (Å²) in [5.41, 5.74) is 2.25. The molecule has 1 aliphatic heterocycles. The first-order valence-electron chi connectivity index (χ1n) is 9.76. The molecule has 156 valence electrons. The number of rotatable bonds is 6. The van der Waals surface area contributed by atoms with E-state index in [2.05, 4.69) is 0 Å². The second-order valence-electron chi connectivity index (χ2n) is 7.07. The molecule has 1 amide bonds. The molecular formula is C22H22ClN3O4. The van der Waals surface area contributed by atoms with Gasteiger partial charge in [-0.25, -0.2) is 4.98 Å². The summed E-state index contributed by atoms with van der Waals surface area (Å²) in [6.07, 6.45) is 0.280. The number of imidazole rings is 1. The average Bonchev–Trinajstić information content (AvgIpc) is 3.29. The number of hydrogen-bond acceptors (Lipinski definition) is 5. The van der Waals surface area contributed by atoms with Crippen LogP contribution in [0.15, 0.2) is 42.5 Å². The van der Waals surface area contributed by atoms with Gasteiger partial charge in [-0.1, -0.05) is 23.7 Å². The second kappa shape index (κ2) is 8.36. The molecule has 0 unspecified atom stereocenters. The smallest absolute Gasteiger partial charge is 0.326 e. The first kappa shape index (κ1) is 20.2. The Kier molecular flexibility index (Phi) is 5.63. The number of halogens is 1. The highest BCUT2D eigenvalue weighted by atomic mass is 35.5. The van der Waals surface area contributed by atoms with Crippen LogP contribution in [0.4, 0.5) is 5.69 Å². The molecule has 3 aromatic rings. The first-order chi connectivity index (χ1) is 14.5. The van der Waals surface area contributed by atoms with Gasteiger partial charge in [0.25, 0.3) is 0 Å². The Balaban J connectivity index is 1.71. The molecule has 1 saturated heterocycles. The molecule has 1 fully saturated rings. The Hall–Kier alpha value is -3.06. The maximum absolute atomic E-state index is 12.9.